The number of carbonyl (C=O) groups excluding carboxylic acids is 1. The first-order valence-corrected chi connectivity index (χ1v) is 14.0. The number of unbranched alkanes of at least 4 members (excludes halogenated alkanes) is 4. The summed E-state index contributed by atoms with van der Waals surface area (Å²) in [5.41, 5.74) is 0.497. The van der Waals surface area contributed by atoms with Crippen molar-refractivity contribution >= 4 is 5.97 Å². The third-order valence-corrected chi connectivity index (χ3v) is 7.00. The molecule has 4 heteroatoms. The summed E-state index contributed by atoms with van der Waals surface area (Å²) >= 11 is 0. The topological polar surface area (TPSA) is 44.8 Å². The van der Waals surface area contributed by atoms with E-state index in [1.165, 1.54) is 57.8 Å². The molecule has 1 fully saturated rings. The van der Waals surface area contributed by atoms with Gasteiger partial charge in [0, 0.05) is 0 Å². The fourth-order valence-electron chi connectivity index (χ4n) is 4.74. The molecule has 4 nitrogen and oxygen atoms in total. The summed E-state index contributed by atoms with van der Waals surface area (Å²) in [7, 11) is 0. The zero-order valence-corrected chi connectivity index (χ0v) is 22.3. The van der Waals surface area contributed by atoms with Gasteiger partial charge in [0.2, 0.25) is 0 Å². The number of hydrogen-bond acceptors (Lipinski definition) is 4. The number of allylic oxidation sites excluding steroid dienone is 1. The predicted octanol–water partition coefficient (Wildman–Crippen LogP) is 8.80. The standard InChI is InChI=1S/C32H44O4/c1-3-5-7-10-26-12-14-27(15-13-26)11-9-25-35-30-20-22-31(23-21-30)36-32(33)28-16-18-29(19-17-28)34-24-8-6-4-2/h9,11,16-23,26-27H,3-8,10,12-15,24-25H2,1-2H3/t26-,27-. The molecule has 0 atom stereocenters. The van der Waals surface area contributed by atoms with E-state index in [-0.39, 0.29) is 5.97 Å². The zero-order chi connectivity index (χ0) is 25.4. The molecular formula is C32H44O4. The molecule has 0 radical (unpaired) electrons. The van der Waals surface area contributed by atoms with Gasteiger partial charge in [0.25, 0.3) is 0 Å². The van der Waals surface area contributed by atoms with E-state index >= 15 is 0 Å². The van der Waals surface area contributed by atoms with Gasteiger partial charge < -0.3 is 14.2 Å². The van der Waals surface area contributed by atoms with Crippen LogP contribution in [0.5, 0.6) is 17.2 Å². The molecule has 0 heterocycles. The van der Waals surface area contributed by atoms with Crippen molar-refractivity contribution in [3.8, 4) is 17.2 Å². The maximum Gasteiger partial charge on any atom is 0.343 e. The van der Waals surface area contributed by atoms with Gasteiger partial charge in [-0.3, -0.25) is 0 Å². The highest BCUT2D eigenvalue weighted by atomic mass is 16.5. The summed E-state index contributed by atoms with van der Waals surface area (Å²) in [6, 6.07) is 14.3. The van der Waals surface area contributed by atoms with Crippen LogP contribution in [-0.2, 0) is 0 Å². The highest BCUT2D eigenvalue weighted by Gasteiger charge is 2.18. The van der Waals surface area contributed by atoms with Crippen LogP contribution >= 0.6 is 0 Å². The number of rotatable bonds is 15. The summed E-state index contributed by atoms with van der Waals surface area (Å²) in [5, 5.41) is 0. The van der Waals surface area contributed by atoms with Crippen molar-refractivity contribution in [2.24, 2.45) is 11.8 Å². The second-order valence-electron chi connectivity index (χ2n) is 9.96. The van der Waals surface area contributed by atoms with Crippen molar-refractivity contribution < 1.29 is 19.0 Å². The van der Waals surface area contributed by atoms with Gasteiger partial charge in [-0.1, -0.05) is 64.5 Å². The van der Waals surface area contributed by atoms with Crippen molar-refractivity contribution in [2.45, 2.75) is 84.5 Å². The number of hydrogen-bond donors (Lipinski definition) is 0. The Balaban J connectivity index is 1.34. The van der Waals surface area contributed by atoms with Crippen LogP contribution in [0.1, 0.15) is 94.8 Å². The van der Waals surface area contributed by atoms with E-state index in [9.17, 15) is 4.79 Å². The van der Waals surface area contributed by atoms with E-state index in [0.29, 0.717) is 30.4 Å². The molecule has 0 N–H and O–H groups in total. The molecule has 196 valence electrons. The van der Waals surface area contributed by atoms with E-state index < -0.39 is 0 Å². The molecule has 3 rings (SSSR count). The minimum Gasteiger partial charge on any atom is -0.494 e. The highest BCUT2D eigenvalue weighted by Crippen LogP contribution is 2.32. The molecule has 1 saturated carbocycles. The Kier molecular flexibility index (Phi) is 12.4. The molecule has 0 aromatic heterocycles. The Morgan fingerprint density at radius 2 is 1.39 bits per heavy atom. The van der Waals surface area contributed by atoms with E-state index in [1.54, 1.807) is 24.3 Å². The van der Waals surface area contributed by atoms with E-state index in [2.05, 4.69) is 26.0 Å². The van der Waals surface area contributed by atoms with E-state index in [0.717, 1.165) is 30.3 Å². The number of esters is 1. The monoisotopic (exact) mass is 492 g/mol. The van der Waals surface area contributed by atoms with Crippen molar-refractivity contribution in [1.82, 2.24) is 0 Å². The highest BCUT2D eigenvalue weighted by molar-refractivity contribution is 5.91. The van der Waals surface area contributed by atoms with E-state index in [1.807, 2.05) is 24.3 Å². The SMILES string of the molecule is CCCCCOc1ccc(C(=O)Oc2ccc(OCC=C[C@H]3CC[C@H](CCCCC)CC3)cc2)cc1. The Labute approximate surface area is 218 Å². The number of carbonyl (C=O) groups is 1. The lowest BCUT2D eigenvalue weighted by molar-refractivity contribution is 0.0734. The van der Waals surface area contributed by atoms with Gasteiger partial charge in [0.05, 0.1) is 12.2 Å². The molecular weight excluding hydrogens is 448 g/mol. The van der Waals surface area contributed by atoms with Crippen molar-refractivity contribution in [3.05, 3.63) is 66.2 Å². The summed E-state index contributed by atoms with van der Waals surface area (Å²) in [5.74, 6) is 3.29. The Morgan fingerprint density at radius 1 is 0.778 bits per heavy atom. The molecule has 1 aliphatic carbocycles. The largest absolute Gasteiger partial charge is 0.494 e. The first kappa shape index (κ1) is 27.8. The lowest BCUT2D eigenvalue weighted by Crippen LogP contribution is -2.13. The average Bonchev–Trinajstić information content (AvgIpc) is 2.91. The first-order chi connectivity index (χ1) is 17.7. The smallest absolute Gasteiger partial charge is 0.343 e. The molecule has 2 aromatic carbocycles. The molecule has 0 saturated heterocycles. The van der Waals surface area contributed by atoms with Crippen LogP contribution in [0, 0.1) is 11.8 Å². The van der Waals surface area contributed by atoms with Crippen molar-refractivity contribution in [3.63, 3.8) is 0 Å². The van der Waals surface area contributed by atoms with Crippen LogP contribution in [0.25, 0.3) is 0 Å². The lowest BCUT2D eigenvalue weighted by Gasteiger charge is -2.26. The summed E-state index contributed by atoms with van der Waals surface area (Å²) < 4.78 is 17.0. The lowest BCUT2D eigenvalue weighted by atomic mass is 9.79. The minimum absolute atomic E-state index is 0.385. The second-order valence-corrected chi connectivity index (χ2v) is 9.96. The summed E-state index contributed by atoms with van der Waals surface area (Å²) in [4.78, 5) is 12.5. The zero-order valence-electron chi connectivity index (χ0n) is 22.3. The van der Waals surface area contributed by atoms with Gasteiger partial charge in [-0.05, 0) is 92.5 Å². The van der Waals surface area contributed by atoms with Gasteiger partial charge >= 0.3 is 5.97 Å². The third kappa shape index (κ3) is 10.1. The predicted molar refractivity (Wildman–Crippen MR) is 147 cm³/mol. The molecule has 0 amide bonds. The van der Waals surface area contributed by atoms with Crippen LogP contribution < -0.4 is 14.2 Å². The summed E-state index contributed by atoms with van der Waals surface area (Å²) in [6.45, 7) is 5.70. The quantitative estimate of drug-likeness (QED) is 0.108. The van der Waals surface area contributed by atoms with Crippen LogP contribution in [0.2, 0.25) is 0 Å². The molecule has 0 spiro atoms. The fraction of sp³-hybridized carbons (Fsp3) is 0.531. The van der Waals surface area contributed by atoms with E-state index in [4.69, 9.17) is 14.2 Å². The molecule has 0 bridgehead atoms. The molecule has 1 aliphatic rings. The summed E-state index contributed by atoms with van der Waals surface area (Å²) in [6.07, 6.45) is 18.7. The molecule has 2 aromatic rings. The van der Waals surface area contributed by atoms with Crippen LogP contribution in [0.4, 0.5) is 0 Å². The Hall–Kier alpha value is -2.75. The van der Waals surface area contributed by atoms with Gasteiger partial charge in [0.1, 0.15) is 23.9 Å². The van der Waals surface area contributed by atoms with Crippen molar-refractivity contribution in [2.75, 3.05) is 13.2 Å². The van der Waals surface area contributed by atoms with Gasteiger partial charge in [0.15, 0.2) is 0 Å². The normalized spacial score (nSPS) is 17.7. The number of benzene rings is 2. The fourth-order valence-corrected chi connectivity index (χ4v) is 4.74. The first-order valence-electron chi connectivity index (χ1n) is 14.0. The Morgan fingerprint density at radius 3 is 2.08 bits per heavy atom. The maximum absolute atomic E-state index is 12.5. The van der Waals surface area contributed by atoms with Gasteiger partial charge in [-0.25, -0.2) is 4.79 Å². The third-order valence-electron chi connectivity index (χ3n) is 7.00. The maximum atomic E-state index is 12.5. The Bertz CT molecular complexity index is 893. The van der Waals surface area contributed by atoms with Crippen molar-refractivity contribution in [1.29, 1.82) is 0 Å². The van der Waals surface area contributed by atoms with Gasteiger partial charge in [-0.15, -0.1) is 0 Å². The van der Waals surface area contributed by atoms with Crippen LogP contribution in [0.3, 0.4) is 0 Å². The molecule has 0 unspecified atom stereocenters. The minimum atomic E-state index is -0.385. The molecule has 36 heavy (non-hydrogen) atoms. The molecule has 0 aliphatic heterocycles. The van der Waals surface area contributed by atoms with Gasteiger partial charge in [-0.2, -0.15) is 0 Å². The van der Waals surface area contributed by atoms with Crippen LogP contribution in [0.15, 0.2) is 60.7 Å². The van der Waals surface area contributed by atoms with Crippen LogP contribution in [-0.4, -0.2) is 19.2 Å². The second kappa shape index (κ2) is 16.1. The average molecular weight is 493 g/mol. The number of ether oxygens (including phenoxy) is 3.